The number of aromatic nitrogens is 4. The van der Waals surface area contributed by atoms with Crippen molar-refractivity contribution in [3.63, 3.8) is 0 Å². The van der Waals surface area contributed by atoms with E-state index in [1.165, 1.54) is 0 Å². The van der Waals surface area contributed by atoms with Crippen LogP contribution in [0, 0.1) is 19.8 Å². The Morgan fingerprint density at radius 3 is 1.79 bits per heavy atom. The normalized spacial score (nSPS) is 16.8. The summed E-state index contributed by atoms with van der Waals surface area (Å²) in [5.74, 6) is -0.765. The first-order chi connectivity index (χ1) is 19.0. The molecule has 202 valence electrons. The Kier molecular flexibility index (Phi) is 7.98. The number of aromatic amines is 2. The Morgan fingerprint density at radius 1 is 0.769 bits per heavy atom. The van der Waals surface area contributed by atoms with E-state index in [0.29, 0.717) is 17.7 Å². The lowest BCUT2D eigenvalue weighted by molar-refractivity contribution is 0.0500. The maximum absolute atomic E-state index is 14.1. The molecule has 5 rings (SSSR count). The van der Waals surface area contributed by atoms with Crippen LogP contribution < -0.4 is 11.1 Å². The van der Waals surface area contributed by atoms with Gasteiger partial charge in [0.15, 0.2) is 0 Å². The number of nitrogens with one attached hydrogen (secondary N) is 2. The topological polar surface area (TPSA) is 84.8 Å². The summed E-state index contributed by atoms with van der Waals surface area (Å²) in [4.78, 5) is 28.2. The Bertz CT molecular complexity index is 1470. The fraction of sp³-hybridized carbons (Fsp3) is 0.312. The molecule has 0 aliphatic heterocycles. The van der Waals surface area contributed by atoms with Crippen LogP contribution in [0.5, 0.6) is 0 Å². The van der Waals surface area contributed by atoms with E-state index in [2.05, 4.69) is 23.2 Å². The number of unbranched alkanes of at least 4 members (excludes halogenated alkanes) is 2. The van der Waals surface area contributed by atoms with Crippen molar-refractivity contribution in [2.24, 2.45) is 5.92 Å². The van der Waals surface area contributed by atoms with Crippen molar-refractivity contribution in [1.29, 1.82) is 0 Å². The molecule has 7 nitrogen and oxygen atoms in total. The highest BCUT2D eigenvalue weighted by Crippen LogP contribution is 2.38. The third-order valence-corrected chi connectivity index (χ3v) is 7.45. The van der Waals surface area contributed by atoms with Crippen molar-refractivity contribution < 1.29 is 4.74 Å². The van der Waals surface area contributed by atoms with Crippen LogP contribution in [-0.4, -0.2) is 32.3 Å². The Morgan fingerprint density at radius 2 is 1.28 bits per heavy atom. The average Bonchev–Trinajstić information content (AvgIpc) is 3.43. The predicted octanol–water partition coefficient (Wildman–Crippen LogP) is 5.71. The number of allylic oxidation sites excluding steroid dienone is 2. The zero-order valence-corrected chi connectivity index (χ0v) is 22.8. The first-order valence-electron chi connectivity index (χ1n) is 13.7. The number of rotatable bonds is 10. The number of para-hydroxylation sites is 2. The van der Waals surface area contributed by atoms with Gasteiger partial charge in [-0.15, -0.1) is 0 Å². The predicted molar refractivity (Wildman–Crippen MR) is 155 cm³/mol. The third kappa shape index (κ3) is 5.27. The molecule has 2 atom stereocenters. The van der Waals surface area contributed by atoms with E-state index in [9.17, 15) is 9.59 Å². The Labute approximate surface area is 228 Å². The van der Waals surface area contributed by atoms with Crippen LogP contribution in [0.3, 0.4) is 0 Å². The van der Waals surface area contributed by atoms with Gasteiger partial charge in [0.2, 0.25) is 0 Å². The van der Waals surface area contributed by atoms with Crippen molar-refractivity contribution in [3.05, 3.63) is 128 Å². The van der Waals surface area contributed by atoms with Crippen LogP contribution in [0.4, 0.5) is 0 Å². The van der Waals surface area contributed by atoms with E-state index in [1.54, 1.807) is 9.36 Å². The van der Waals surface area contributed by atoms with Gasteiger partial charge in [0.1, 0.15) is 0 Å². The molecule has 4 aromatic rings. The van der Waals surface area contributed by atoms with E-state index in [-0.39, 0.29) is 23.1 Å². The molecule has 2 aromatic carbocycles. The van der Waals surface area contributed by atoms with Gasteiger partial charge < -0.3 is 4.74 Å². The van der Waals surface area contributed by atoms with Crippen LogP contribution in [0.25, 0.3) is 11.4 Å². The molecule has 2 heterocycles. The van der Waals surface area contributed by atoms with Gasteiger partial charge in [0, 0.05) is 41.0 Å². The number of hydrogen-bond donors (Lipinski definition) is 2. The van der Waals surface area contributed by atoms with Gasteiger partial charge in [-0.1, -0.05) is 80.5 Å². The number of aryl methyl sites for hydroxylation is 2. The highest BCUT2D eigenvalue weighted by Gasteiger charge is 2.38. The largest absolute Gasteiger partial charge is 0.373 e. The summed E-state index contributed by atoms with van der Waals surface area (Å²) in [7, 11) is 0. The van der Waals surface area contributed by atoms with Crippen LogP contribution in [0.15, 0.2) is 94.6 Å². The summed E-state index contributed by atoms with van der Waals surface area (Å²) >= 11 is 0. The van der Waals surface area contributed by atoms with E-state index in [0.717, 1.165) is 42.0 Å². The van der Waals surface area contributed by atoms with Crippen molar-refractivity contribution in [2.45, 2.75) is 52.1 Å². The molecule has 39 heavy (non-hydrogen) atoms. The summed E-state index contributed by atoms with van der Waals surface area (Å²) in [5.41, 5.74) is 3.77. The van der Waals surface area contributed by atoms with Gasteiger partial charge in [0.25, 0.3) is 11.1 Å². The second-order valence-electron chi connectivity index (χ2n) is 10.1. The fourth-order valence-electron chi connectivity index (χ4n) is 5.54. The average molecular weight is 525 g/mol. The molecule has 2 N–H and O–H groups in total. The molecular formula is C32H36N4O3. The first kappa shape index (κ1) is 26.5. The quantitative estimate of drug-likeness (QED) is 0.261. The highest BCUT2D eigenvalue weighted by atomic mass is 16.5. The lowest BCUT2D eigenvalue weighted by atomic mass is 9.76. The van der Waals surface area contributed by atoms with Crippen molar-refractivity contribution in [3.8, 4) is 11.4 Å². The summed E-state index contributed by atoms with van der Waals surface area (Å²) < 4.78 is 9.52. The standard InChI is InChI=1S/C32H36N4O3/c1-4-5-14-21-39-27-20-13-12-19-26(27)30(28-22(2)33-35(31(28)37)24-15-8-6-9-16-24)29-23(3)34-36(32(29)38)25-17-10-7-11-18-25/h6-13,15-20,26-27,30,33-34H,4-5,14,21H2,1-3H3/t26-,27-/m1/s1. The molecule has 0 radical (unpaired) electrons. The highest BCUT2D eigenvalue weighted by molar-refractivity contribution is 5.43. The Balaban J connectivity index is 1.67. The molecule has 0 bridgehead atoms. The number of ether oxygens (including phenoxy) is 1. The minimum absolute atomic E-state index is 0.164. The molecule has 0 amide bonds. The van der Waals surface area contributed by atoms with Gasteiger partial charge in [-0.3, -0.25) is 19.8 Å². The molecule has 0 saturated heterocycles. The van der Waals surface area contributed by atoms with E-state index < -0.39 is 5.92 Å². The van der Waals surface area contributed by atoms with Crippen molar-refractivity contribution >= 4 is 0 Å². The summed E-state index contributed by atoms with van der Waals surface area (Å²) in [6.07, 6.45) is 11.0. The minimum atomic E-state index is -0.523. The van der Waals surface area contributed by atoms with Crippen LogP contribution in [0.1, 0.15) is 54.6 Å². The number of hydrogen-bond acceptors (Lipinski definition) is 3. The molecule has 2 aromatic heterocycles. The summed E-state index contributed by atoms with van der Waals surface area (Å²) in [6.45, 7) is 6.60. The molecular weight excluding hydrogens is 488 g/mol. The zero-order chi connectivity index (χ0) is 27.4. The fourth-order valence-corrected chi connectivity index (χ4v) is 5.54. The van der Waals surface area contributed by atoms with E-state index >= 15 is 0 Å². The first-order valence-corrected chi connectivity index (χ1v) is 13.7. The molecule has 0 saturated carbocycles. The lowest BCUT2D eigenvalue weighted by Gasteiger charge is -2.31. The zero-order valence-electron chi connectivity index (χ0n) is 22.8. The van der Waals surface area contributed by atoms with Gasteiger partial charge in [-0.2, -0.15) is 0 Å². The maximum atomic E-state index is 14.1. The third-order valence-electron chi connectivity index (χ3n) is 7.45. The second kappa shape index (κ2) is 11.7. The smallest absolute Gasteiger partial charge is 0.275 e. The summed E-state index contributed by atoms with van der Waals surface area (Å²) in [6, 6.07) is 19.0. The van der Waals surface area contributed by atoms with Crippen LogP contribution >= 0.6 is 0 Å². The maximum Gasteiger partial charge on any atom is 0.275 e. The van der Waals surface area contributed by atoms with Crippen molar-refractivity contribution in [2.75, 3.05) is 6.61 Å². The van der Waals surface area contributed by atoms with E-state index in [1.807, 2.05) is 92.7 Å². The number of benzene rings is 2. The van der Waals surface area contributed by atoms with Gasteiger partial charge >= 0.3 is 0 Å². The molecule has 7 heteroatoms. The molecule has 0 fully saturated rings. The van der Waals surface area contributed by atoms with Crippen molar-refractivity contribution in [1.82, 2.24) is 19.6 Å². The second-order valence-corrected chi connectivity index (χ2v) is 10.1. The molecule has 0 spiro atoms. The molecule has 0 unspecified atom stereocenters. The van der Waals surface area contributed by atoms with Gasteiger partial charge in [-0.25, -0.2) is 9.36 Å². The van der Waals surface area contributed by atoms with Gasteiger partial charge in [0.05, 0.1) is 17.5 Å². The minimum Gasteiger partial charge on any atom is -0.373 e. The van der Waals surface area contributed by atoms with Gasteiger partial charge in [-0.05, 0) is 44.5 Å². The summed E-state index contributed by atoms with van der Waals surface area (Å²) in [5, 5.41) is 6.55. The Hall–Kier alpha value is -4.10. The van der Waals surface area contributed by atoms with E-state index in [4.69, 9.17) is 4.74 Å². The molecule has 1 aliphatic rings. The number of nitrogens with zero attached hydrogens (tertiary/aromatic N) is 2. The SMILES string of the molecule is CCCCCO[C@@H]1C=CC=C[C@H]1C(c1c(C)[nH]n(-c2ccccc2)c1=O)c1c(C)[nH]n(-c2ccccc2)c1=O. The van der Waals surface area contributed by atoms with Crippen LogP contribution in [0.2, 0.25) is 0 Å². The molecule has 1 aliphatic carbocycles. The monoisotopic (exact) mass is 524 g/mol. The van der Waals surface area contributed by atoms with Crippen LogP contribution in [-0.2, 0) is 4.74 Å². The lowest BCUT2D eigenvalue weighted by Crippen LogP contribution is -2.34. The number of H-pyrrole nitrogens is 2.